The zero-order chi connectivity index (χ0) is 21.5. The molecule has 1 amide bonds. The maximum absolute atomic E-state index is 11.9. The predicted octanol–water partition coefficient (Wildman–Crippen LogP) is 2.21. The molecule has 0 aromatic heterocycles. The molecular formula is C14H19NO4. The van der Waals surface area contributed by atoms with E-state index >= 15 is 0 Å². The molecule has 1 aromatic rings. The molecule has 5 heteroatoms. The summed E-state index contributed by atoms with van der Waals surface area (Å²) in [5.74, 6) is -2.15. The number of carbonyl (C=O) groups is 2. The van der Waals surface area contributed by atoms with Gasteiger partial charge in [0.2, 0.25) is 0 Å². The van der Waals surface area contributed by atoms with Crippen molar-refractivity contribution in [2.75, 3.05) is 0 Å². The summed E-state index contributed by atoms with van der Waals surface area (Å²) in [7, 11) is 0. The zero-order valence-electron chi connectivity index (χ0n) is 18.7. The highest BCUT2D eigenvalue weighted by atomic mass is 16.6. The Bertz CT molecular complexity index is 763. The van der Waals surface area contributed by atoms with Crippen molar-refractivity contribution >= 4 is 12.1 Å². The molecule has 0 fully saturated rings. The maximum atomic E-state index is 11.9. The average Bonchev–Trinajstić information content (AvgIpc) is 2.48. The minimum atomic E-state index is -3.44. The van der Waals surface area contributed by atoms with Crippen LogP contribution in [0.5, 0.6) is 0 Å². The van der Waals surface area contributed by atoms with Crippen LogP contribution in [-0.4, -0.2) is 28.8 Å². The van der Waals surface area contributed by atoms with Crippen molar-refractivity contribution in [1.29, 1.82) is 0 Å². The molecule has 1 unspecified atom stereocenters. The molecule has 0 saturated heterocycles. The molecule has 5 nitrogen and oxygen atoms in total. The van der Waals surface area contributed by atoms with E-state index in [0.29, 0.717) is 0 Å². The topological polar surface area (TPSA) is 75.6 Å². The molecular weight excluding hydrogens is 246 g/mol. The first-order valence-corrected chi connectivity index (χ1v) is 5.29. The number of carboxylic acid groups (broad SMARTS) is 1. The molecule has 0 bridgehead atoms. The van der Waals surface area contributed by atoms with E-state index in [0.717, 1.165) is 0 Å². The Labute approximate surface area is 123 Å². The number of benzene rings is 1. The SMILES string of the molecule is [2H]c1c([2H])c([2H])c(C([2H])([2H])C([2H])(NC(=O)OC(C)(C)C)C(=O)O)c([2H])c1[2H]. The first-order chi connectivity index (χ1) is 12.0. The third-order valence-electron chi connectivity index (χ3n) is 1.59. The molecule has 19 heavy (non-hydrogen) atoms. The number of amides is 1. The van der Waals surface area contributed by atoms with Crippen molar-refractivity contribution in [3.8, 4) is 0 Å². The van der Waals surface area contributed by atoms with Crippen molar-refractivity contribution < 1.29 is 30.4 Å². The lowest BCUT2D eigenvalue weighted by Gasteiger charge is -2.22. The molecule has 0 spiro atoms. The van der Waals surface area contributed by atoms with E-state index in [-0.39, 0.29) is 0 Å². The summed E-state index contributed by atoms with van der Waals surface area (Å²) in [6, 6.07) is -8.09. The molecule has 2 N–H and O–H groups in total. The molecule has 0 heterocycles. The fraction of sp³-hybridized carbons (Fsp3) is 0.429. The van der Waals surface area contributed by atoms with E-state index in [4.69, 9.17) is 15.7 Å². The normalized spacial score (nSPS) is 21.0. The summed E-state index contributed by atoms with van der Waals surface area (Å²) < 4.78 is 67.3. The van der Waals surface area contributed by atoms with Crippen molar-refractivity contribution in [2.45, 2.75) is 38.8 Å². The minimum Gasteiger partial charge on any atom is -0.480 e. The van der Waals surface area contributed by atoms with E-state index in [1.807, 2.05) is 0 Å². The number of alkyl carbamates (subject to hydrolysis) is 1. The number of hydrogen-bond acceptors (Lipinski definition) is 3. The third-order valence-corrected chi connectivity index (χ3v) is 1.59. The smallest absolute Gasteiger partial charge is 0.408 e. The lowest BCUT2D eigenvalue weighted by molar-refractivity contribution is -0.139. The van der Waals surface area contributed by atoms with Gasteiger partial charge in [-0.3, -0.25) is 0 Å². The third kappa shape index (κ3) is 5.90. The van der Waals surface area contributed by atoms with Crippen molar-refractivity contribution in [3.05, 3.63) is 35.8 Å². The van der Waals surface area contributed by atoms with Gasteiger partial charge in [0, 0.05) is 9.11 Å². The second-order valence-electron chi connectivity index (χ2n) is 4.43. The molecule has 1 atom stereocenters. The highest BCUT2D eigenvalue weighted by Gasteiger charge is 2.23. The fourth-order valence-corrected chi connectivity index (χ4v) is 0.981. The summed E-state index contributed by atoms with van der Waals surface area (Å²) in [5.41, 5.74) is -2.14. The van der Waals surface area contributed by atoms with Gasteiger partial charge in [-0.15, -0.1) is 0 Å². The molecule has 0 saturated carbocycles. The molecule has 0 aliphatic heterocycles. The number of carbonyl (C=O) groups excluding carboxylic acids is 1. The van der Waals surface area contributed by atoms with Crippen LogP contribution in [0, 0.1) is 0 Å². The van der Waals surface area contributed by atoms with Gasteiger partial charge in [-0.05, 0) is 26.3 Å². The van der Waals surface area contributed by atoms with Crippen LogP contribution in [0.25, 0.3) is 0 Å². The van der Waals surface area contributed by atoms with E-state index < -0.39 is 65.8 Å². The van der Waals surface area contributed by atoms with Crippen molar-refractivity contribution in [2.24, 2.45) is 0 Å². The summed E-state index contributed by atoms with van der Waals surface area (Å²) in [6.45, 7) is 4.38. The Morgan fingerprint density at radius 3 is 2.53 bits per heavy atom. The van der Waals surface area contributed by atoms with Gasteiger partial charge in [-0.25, -0.2) is 9.59 Å². The zero-order valence-corrected chi connectivity index (χ0v) is 10.7. The standard InChI is InChI=1S/C14H19NO4/c1-14(2,3)19-13(18)15-11(12(16)17)9-10-7-5-4-6-8-10/h4-8,11H,9H2,1-3H3,(H,15,18)(H,16,17)/i4D,5D,6D,7D,8D,9D2,11D. The Balaban J connectivity index is 3.62. The van der Waals surface area contributed by atoms with Gasteiger partial charge in [0.1, 0.15) is 11.6 Å². The van der Waals surface area contributed by atoms with Gasteiger partial charge in [-0.1, -0.05) is 30.2 Å². The Morgan fingerprint density at radius 1 is 1.47 bits per heavy atom. The fourth-order valence-electron chi connectivity index (χ4n) is 0.981. The Hall–Kier alpha value is -2.04. The highest BCUT2D eigenvalue weighted by molar-refractivity contribution is 5.80. The van der Waals surface area contributed by atoms with Gasteiger partial charge in [0.05, 0.1) is 8.22 Å². The van der Waals surface area contributed by atoms with E-state index in [1.165, 1.54) is 20.8 Å². The number of nitrogens with one attached hydrogen (secondary N) is 1. The lowest BCUT2D eigenvalue weighted by atomic mass is 10.1. The van der Waals surface area contributed by atoms with E-state index in [9.17, 15) is 14.7 Å². The predicted molar refractivity (Wildman–Crippen MR) is 70.9 cm³/mol. The summed E-state index contributed by atoms with van der Waals surface area (Å²) in [4.78, 5) is 23.6. The number of rotatable bonds is 4. The van der Waals surface area contributed by atoms with Crippen LogP contribution in [0.1, 0.15) is 37.3 Å². The molecule has 0 aliphatic rings. The average molecular weight is 273 g/mol. The first-order valence-electron chi connectivity index (χ1n) is 9.29. The molecule has 0 radical (unpaired) electrons. The van der Waals surface area contributed by atoms with E-state index in [1.54, 1.807) is 5.32 Å². The largest absolute Gasteiger partial charge is 0.480 e. The van der Waals surface area contributed by atoms with Crippen LogP contribution in [0.2, 0.25) is 0 Å². The number of ether oxygens (including phenoxy) is 1. The number of aliphatic carboxylic acids is 1. The summed E-state index contributed by atoms with van der Waals surface area (Å²) in [6.07, 6.45) is -4.83. The molecule has 1 rings (SSSR count). The van der Waals surface area contributed by atoms with Crippen molar-refractivity contribution in [1.82, 2.24) is 5.32 Å². The van der Waals surface area contributed by atoms with Crippen LogP contribution < -0.4 is 5.32 Å². The van der Waals surface area contributed by atoms with Crippen LogP contribution in [0.4, 0.5) is 4.79 Å². The number of hydrogen-bond donors (Lipinski definition) is 2. The summed E-state index contributed by atoms with van der Waals surface area (Å²) >= 11 is 0. The van der Waals surface area contributed by atoms with Crippen LogP contribution >= 0.6 is 0 Å². The second-order valence-corrected chi connectivity index (χ2v) is 4.43. The van der Waals surface area contributed by atoms with Crippen LogP contribution in [0.15, 0.2) is 30.2 Å². The Morgan fingerprint density at radius 2 is 2.05 bits per heavy atom. The molecule has 0 aliphatic carbocycles. The Kier molecular flexibility index (Phi) is 2.27. The van der Waals surface area contributed by atoms with Gasteiger partial charge >= 0.3 is 12.1 Å². The van der Waals surface area contributed by atoms with Gasteiger partial charge in [0.25, 0.3) is 0 Å². The summed E-state index contributed by atoms with van der Waals surface area (Å²) in [5, 5.41) is 11.0. The minimum absolute atomic E-state index is 0.810. The second kappa shape index (κ2) is 6.22. The monoisotopic (exact) mass is 273 g/mol. The lowest BCUT2D eigenvalue weighted by Crippen LogP contribution is -2.44. The maximum Gasteiger partial charge on any atom is 0.408 e. The quantitative estimate of drug-likeness (QED) is 0.882. The molecule has 1 aromatic carbocycles. The first kappa shape index (κ1) is 6.93. The highest BCUT2D eigenvalue weighted by Crippen LogP contribution is 2.08. The number of carboxylic acids is 1. The van der Waals surface area contributed by atoms with Gasteiger partial charge < -0.3 is 15.2 Å². The van der Waals surface area contributed by atoms with E-state index in [2.05, 4.69) is 0 Å². The molecule has 104 valence electrons. The van der Waals surface area contributed by atoms with Crippen molar-refractivity contribution in [3.63, 3.8) is 0 Å². The van der Waals surface area contributed by atoms with Gasteiger partial charge in [0.15, 0.2) is 0 Å². The van der Waals surface area contributed by atoms with Crippen LogP contribution in [-0.2, 0) is 15.9 Å². The van der Waals surface area contributed by atoms with Crippen LogP contribution in [0.3, 0.4) is 0 Å². The van der Waals surface area contributed by atoms with Gasteiger partial charge in [-0.2, -0.15) is 0 Å².